The van der Waals surface area contributed by atoms with Crippen LogP contribution in [0.4, 0.5) is 0 Å². The van der Waals surface area contributed by atoms with Crippen LogP contribution in [0.5, 0.6) is 0 Å². The van der Waals surface area contributed by atoms with Crippen LogP contribution in [0.1, 0.15) is 69.8 Å². The summed E-state index contributed by atoms with van der Waals surface area (Å²) in [5, 5.41) is 39.7. The Morgan fingerprint density at radius 3 is 2.37 bits per heavy atom. The molecule has 0 heterocycles. The van der Waals surface area contributed by atoms with Crippen molar-refractivity contribution in [3.8, 4) is 0 Å². The second-order valence-corrected chi connectivity index (χ2v) is 8.64. The van der Waals surface area contributed by atoms with Crippen molar-refractivity contribution in [1.82, 2.24) is 0 Å². The fourth-order valence-electron chi connectivity index (χ4n) is 4.60. The van der Waals surface area contributed by atoms with E-state index < -0.39 is 24.3 Å². The van der Waals surface area contributed by atoms with Crippen LogP contribution in [0, 0.1) is 11.8 Å². The van der Waals surface area contributed by atoms with E-state index in [1.165, 1.54) is 5.56 Å². The van der Waals surface area contributed by atoms with Gasteiger partial charge in [0.05, 0.1) is 18.3 Å². The van der Waals surface area contributed by atoms with Gasteiger partial charge in [0.2, 0.25) is 0 Å². The van der Waals surface area contributed by atoms with E-state index in [1.807, 2.05) is 30.4 Å². The van der Waals surface area contributed by atoms with Gasteiger partial charge in [-0.15, -0.1) is 0 Å². The van der Waals surface area contributed by atoms with Crippen molar-refractivity contribution in [2.45, 2.75) is 88.9 Å². The van der Waals surface area contributed by atoms with E-state index in [1.54, 1.807) is 0 Å². The zero-order chi connectivity index (χ0) is 21.8. The summed E-state index contributed by atoms with van der Waals surface area (Å²) >= 11 is 0. The molecule has 1 aromatic carbocycles. The third-order valence-electron chi connectivity index (χ3n) is 6.30. The van der Waals surface area contributed by atoms with E-state index in [4.69, 9.17) is 5.11 Å². The molecule has 1 aliphatic rings. The molecular weight excluding hydrogens is 380 g/mol. The number of hydrogen-bond acceptors (Lipinski definition) is 4. The number of carbonyl (C=O) groups is 1. The van der Waals surface area contributed by atoms with Gasteiger partial charge in [0.1, 0.15) is 0 Å². The van der Waals surface area contributed by atoms with Crippen molar-refractivity contribution < 1.29 is 25.2 Å². The van der Waals surface area contributed by atoms with Crippen molar-refractivity contribution in [1.29, 1.82) is 0 Å². The number of aliphatic hydroxyl groups excluding tert-OH is 3. The first-order valence-corrected chi connectivity index (χ1v) is 11.4. The van der Waals surface area contributed by atoms with Gasteiger partial charge in [-0.05, 0) is 62.3 Å². The molecule has 0 radical (unpaired) electrons. The molecule has 5 nitrogen and oxygen atoms in total. The molecule has 2 rings (SSSR count). The summed E-state index contributed by atoms with van der Waals surface area (Å²) in [6, 6.07) is 10.3. The average Bonchev–Trinajstić information content (AvgIpc) is 2.99. The van der Waals surface area contributed by atoms with Gasteiger partial charge in [-0.25, -0.2) is 0 Å². The van der Waals surface area contributed by atoms with Gasteiger partial charge in [0.15, 0.2) is 0 Å². The minimum atomic E-state index is -0.753. The average molecular weight is 419 g/mol. The molecule has 0 saturated heterocycles. The zero-order valence-corrected chi connectivity index (χ0v) is 17.9. The predicted octanol–water partition coefficient (Wildman–Crippen LogP) is 4.10. The zero-order valence-electron chi connectivity index (χ0n) is 17.9. The number of allylic oxidation sites excluding steroid dienone is 1. The Kier molecular flexibility index (Phi) is 11.1. The summed E-state index contributed by atoms with van der Waals surface area (Å²) in [6.07, 6.45) is 10.4. The van der Waals surface area contributed by atoms with E-state index in [0.29, 0.717) is 25.7 Å². The third kappa shape index (κ3) is 8.99. The Bertz CT molecular complexity index is 630. The largest absolute Gasteiger partial charge is 0.481 e. The van der Waals surface area contributed by atoms with E-state index in [-0.39, 0.29) is 18.3 Å². The Labute approximate surface area is 180 Å². The Hall–Kier alpha value is -1.69. The minimum absolute atomic E-state index is 0.0198. The van der Waals surface area contributed by atoms with Crippen molar-refractivity contribution >= 4 is 5.97 Å². The molecule has 168 valence electrons. The molecule has 4 N–H and O–H groups in total. The van der Waals surface area contributed by atoms with Crippen LogP contribution in [0.2, 0.25) is 0 Å². The Morgan fingerprint density at radius 1 is 1.00 bits per heavy atom. The quantitative estimate of drug-likeness (QED) is 0.269. The SMILES string of the molecule is O=C(O)CCCCCCC1C(CCC(O)/C=C/CCc2ccccc2)[C@H](O)C[C@@H]1O. The summed E-state index contributed by atoms with van der Waals surface area (Å²) in [6.45, 7) is 0. The number of aliphatic carboxylic acids is 1. The van der Waals surface area contributed by atoms with Gasteiger partial charge < -0.3 is 20.4 Å². The summed E-state index contributed by atoms with van der Waals surface area (Å²) in [5.41, 5.74) is 1.28. The summed E-state index contributed by atoms with van der Waals surface area (Å²) < 4.78 is 0. The maximum atomic E-state index is 10.6. The molecule has 30 heavy (non-hydrogen) atoms. The topological polar surface area (TPSA) is 98.0 Å². The fraction of sp³-hybridized carbons (Fsp3) is 0.640. The highest BCUT2D eigenvalue weighted by atomic mass is 16.4. The summed E-state index contributed by atoms with van der Waals surface area (Å²) in [7, 11) is 0. The van der Waals surface area contributed by atoms with Gasteiger partial charge in [0, 0.05) is 6.42 Å². The first-order chi connectivity index (χ1) is 14.5. The molecule has 0 bridgehead atoms. The van der Waals surface area contributed by atoms with Crippen LogP contribution in [0.25, 0.3) is 0 Å². The van der Waals surface area contributed by atoms with Crippen molar-refractivity contribution in [2.24, 2.45) is 11.8 Å². The number of benzene rings is 1. The van der Waals surface area contributed by atoms with E-state index >= 15 is 0 Å². The molecule has 1 fully saturated rings. The van der Waals surface area contributed by atoms with Crippen LogP contribution in [0.15, 0.2) is 42.5 Å². The molecule has 1 saturated carbocycles. The number of carboxylic acid groups (broad SMARTS) is 1. The van der Waals surface area contributed by atoms with Crippen LogP contribution >= 0.6 is 0 Å². The number of hydrogen-bond donors (Lipinski definition) is 4. The lowest BCUT2D eigenvalue weighted by atomic mass is 9.85. The highest BCUT2D eigenvalue weighted by Crippen LogP contribution is 2.39. The molecule has 0 aromatic heterocycles. The molecule has 5 atom stereocenters. The van der Waals surface area contributed by atoms with Crippen molar-refractivity contribution in [2.75, 3.05) is 0 Å². The fourth-order valence-corrected chi connectivity index (χ4v) is 4.60. The van der Waals surface area contributed by atoms with Crippen molar-refractivity contribution in [3.05, 3.63) is 48.0 Å². The monoisotopic (exact) mass is 418 g/mol. The molecule has 0 aliphatic heterocycles. The van der Waals surface area contributed by atoms with Gasteiger partial charge in [-0.2, -0.15) is 0 Å². The third-order valence-corrected chi connectivity index (χ3v) is 6.30. The second kappa shape index (κ2) is 13.6. The highest BCUT2D eigenvalue weighted by molar-refractivity contribution is 5.66. The molecular formula is C25H38O5. The molecule has 0 amide bonds. The van der Waals surface area contributed by atoms with Gasteiger partial charge in [-0.3, -0.25) is 4.79 Å². The Morgan fingerprint density at radius 2 is 1.67 bits per heavy atom. The lowest BCUT2D eigenvalue weighted by molar-refractivity contribution is -0.137. The molecule has 1 aliphatic carbocycles. The lowest BCUT2D eigenvalue weighted by Gasteiger charge is -2.24. The number of aliphatic hydroxyl groups is 3. The van der Waals surface area contributed by atoms with Crippen LogP contribution < -0.4 is 0 Å². The predicted molar refractivity (Wildman–Crippen MR) is 118 cm³/mol. The number of unbranched alkanes of at least 4 members (excludes halogenated alkanes) is 3. The molecule has 0 spiro atoms. The Balaban J connectivity index is 1.67. The smallest absolute Gasteiger partial charge is 0.303 e. The second-order valence-electron chi connectivity index (χ2n) is 8.64. The first-order valence-electron chi connectivity index (χ1n) is 11.4. The molecule has 1 aromatic rings. The van der Waals surface area contributed by atoms with Crippen LogP contribution in [-0.4, -0.2) is 44.7 Å². The highest BCUT2D eigenvalue weighted by Gasteiger charge is 2.40. The number of carboxylic acids is 1. The van der Waals surface area contributed by atoms with Crippen LogP contribution in [0.3, 0.4) is 0 Å². The standard InChI is InChI=1S/C25H38O5/c26-20(13-9-8-12-19-10-4-3-5-11-19)16-17-22-21(23(27)18-24(22)28)14-6-1-2-7-15-25(29)30/h3-5,9-11,13,20-24,26-28H,1-2,6-8,12,14-18H2,(H,29,30)/b13-9+/t20?,21?,22?,23-,24+/m0/s1. The minimum Gasteiger partial charge on any atom is -0.481 e. The van der Waals surface area contributed by atoms with Gasteiger partial charge in [-0.1, -0.05) is 61.7 Å². The van der Waals surface area contributed by atoms with E-state index in [2.05, 4.69) is 12.1 Å². The molecule has 5 heteroatoms. The summed E-state index contributed by atoms with van der Waals surface area (Å²) in [4.78, 5) is 10.6. The van der Waals surface area contributed by atoms with Gasteiger partial charge >= 0.3 is 5.97 Å². The van der Waals surface area contributed by atoms with Crippen molar-refractivity contribution in [3.63, 3.8) is 0 Å². The van der Waals surface area contributed by atoms with Gasteiger partial charge in [0.25, 0.3) is 0 Å². The normalized spacial score (nSPS) is 25.0. The van der Waals surface area contributed by atoms with E-state index in [0.717, 1.165) is 38.5 Å². The maximum absolute atomic E-state index is 10.6. The number of rotatable bonds is 14. The number of aryl methyl sites for hydroxylation is 1. The molecule has 3 unspecified atom stereocenters. The summed E-state index contributed by atoms with van der Waals surface area (Å²) in [5.74, 6) is -0.669. The first kappa shape index (κ1) is 24.6. The maximum Gasteiger partial charge on any atom is 0.303 e. The lowest BCUT2D eigenvalue weighted by Crippen LogP contribution is -2.23. The van der Waals surface area contributed by atoms with Crippen LogP contribution in [-0.2, 0) is 11.2 Å². The van der Waals surface area contributed by atoms with E-state index in [9.17, 15) is 20.1 Å².